The van der Waals surface area contributed by atoms with Crippen molar-refractivity contribution in [2.24, 2.45) is 0 Å². The molecule has 2 heterocycles. The fourth-order valence-electron chi connectivity index (χ4n) is 1.97. The summed E-state index contributed by atoms with van der Waals surface area (Å²) in [6.45, 7) is 6.22. The first-order chi connectivity index (χ1) is 10.2. The number of thioether (sulfide) groups is 1. The molecule has 110 valence electrons. The molecule has 6 heteroatoms. The standard InChI is InChI=1S/C15H19N5S/c1-4-11(5-2)19-15-17-7-6-13(20-15)12(8-16)14-18-10(3)9-21-14/h6-7,9,11,18H,4-5H2,1-3H3,(H,17,19,20)/b14-12-. The highest BCUT2D eigenvalue weighted by Gasteiger charge is 2.16. The third-order valence-corrected chi connectivity index (χ3v) is 4.25. The van der Waals surface area contributed by atoms with Crippen LogP contribution >= 0.6 is 11.8 Å². The van der Waals surface area contributed by atoms with Crippen LogP contribution in [0.4, 0.5) is 5.95 Å². The number of hydrogen-bond donors (Lipinski definition) is 2. The van der Waals surface area contributed by atoms with Crippen molar-refractivity contribution >= 4 is 23.3 Å². The smallest absolute Gasteiger partial charge is 0.223 e. The molecule has 2 N–H and O–H groups in total. The third-order valence-electron chi connectivity index (χ3n) is 3.23. The number of aromatic nitrogens is 2. The van der Waals surface area contributed by atoms with Gasteiger partial charge in [-0.2, -0.15) is 5.26 Å². The van der Waals surface area contributed by atoms with Crippen molar-refractivity contribution in [3.8, 4) is 6.07 Å². The molecule has 0 spiro atoms. The van der Waals surface area contributed by atoms with Crippen molar-refractivity contribution in [3.63, 3.8) is 0 Å². The molecule has 0 radical (unpaired) electrons. The zero-order chi connectivity index (χ0) is 15.2. The number of nitrogens with zero attached hydrogens (tertiary/aromatic N) is 3. The van der Waals surface area contributed by atoms with Crippen LogP contribution in [-0.4, -0.2) is 16.0 Å². The second-order valence-electron chi connectivity index (χ2n) is 4.78. The van der Waals surface area contributed by atoms with Crippen molar-refractivity contribution < 1.29 is 0 Å². The number of nitrogens with one attached hydrogen (secondary N) is 2. The van der Waals surface area contributed by atoms with Gasteiger partial charge in [-0.25, -0.2) is 9.97 Å². The predicted octanol–water partition coefficient (Wildman–Crippen LogP) is 3.47. The molecule has 0 unspecified atom stereocenters. The maximum Gasteiger partial charge on any atom is 0.223 e. The van der Waals surface area contributed by atoms with Crippen molar-refractivity contribution in [1.82, 2.24) is 15.3 Å². The Morgan fingerprint density at radius 3 is 2.81 bits per heavy atom. The lowest BCUT2D eigenvalue weighted by molar-refractivity contribution is 0.664. The number of hydrogen-bond acceptors (Lipinski definition) is 6. The van der Waals surface area contributed by atoms with Gasteiger partial charge in [-0.15, -0.1) is 0 Å². The first kappa shape index (κ1) is 15.4. The van der Waals surface area contributed by atoms with Crippen LogP contribution in [0.1, 0.15) is 39.3 Å². The maximum atomic E-state index is 9.43. The van der Waals surface area contributed by atoms with Gasteiger partial charge in [0, 0.05) is 17.9 Å². The Bertz CT molecular complexity index is 611. The molecule has 5 nitrogen and oxygen atoms in total. The highest BCUT2D eigenvalue weighted by molar-refractivity contribution is 8.06. The Kier molecular flexibility index (Phi) is 5.23. The quantitative estimate of drug-likeness (QED) is 0.811. The first-order valence-corrected chi connectivity index (χ1v) is 7.90. The minimum atomic E-state index is 0.348. The Morgan fingerprint density at radius 1 is 1.48 bits per heavy atom. The fraction of sp³-hybridized carbons (Fsp3) is 0.400. The summed E-state index contributed by atoms with van der Waals surface area (Å²) in [7, 11) is 0. The molecule has 0 aromatic carbocycles. The first-order valence-electron chi connectivity index (χ1n) is 7.02. The average Bonchev–Trinajstić information content (AvgIpc) is 2.92. The Balaban J connectivity index is 2.26. The van der Waals surface area contributed by atoms with E-state index >= 15 is 0 Å². The van der Waals surface area contributed by atoms with E-state index in [9.17, 15) is 5.26 Å². The van der Waals surface area contributed by atoms with Crippen molar-refractivity contribution in [3.05, 3.63) is 34.1 Å². The third kappa shape index (κ3) is 3.76. The van der Waals surface area contributed by atoms with Gasteiger partial charge in [-0.1, -0.05) is 25.6 Å². The molecule has 1 aliphatic rings. The van der Waals surface area contributed by atoms with Gasteiger partial charge < -0.3 is 10.6 Å². The minimum Gasteiger partial charge on any atom is -0.352 e. The van der Waals surface area contributed by atoms with Crippen LogP contribution in [0.5, 0.6) is 0 Å². The van der Waals surface area contributed by atoms with Gasteiger partial charge in [0.2, 0.25) is 5.95 Å². The number of anilines is 1. The summed E-state index contributed by atoms with van der Waals surface area (Å²) in [6, 6.07) is 4.35. The van der Waals surface area contributed by atoms with E-state index in [1.807, 2.05) is 12.3 Å². The van der Waals surface area contributed by atoms with Crippen LogP contribution in [0.25, 0.3) is 5.57 Å². The van der Waals surface area contributed by atoms with Gasteiger partial charge >= 0.3 is 0 Å². The molecular formula is C15H19N5S. The Hall–Kier alpha value is -2.00. The van der Waals surface area contributed by atoms with E-state index in [-0.39, 0.29) is 0 Å². The highest BCUT2D eigenvalue weighted by Crippen LogP contribution is 2.30. The molecule has 0 atom stereocenters. The normalized spacial score (nSPS) is 16.2. The van der Waals surface area contributed by atoms with E-state index in [1.165, 1.54) is 11.8 Å². The maximum absolute atomic E-state index is 9.43. The molecule has 2 rings (SSSR count). The lowest BCUT2D eigenvalue weighted by Crippen LogP contribution is -2.19. The molecule has 0 saturated heterocycles. The Morgan fingerprint density at radius 2 is 2.24 bits per heavy atom. The molecular weight excluding hydrogens is 282 g/mol. The van der Waals surface area contributed by atoms with Crippen molar-refractivity contribution in [2.45, 2.75) is 39.7 Å². The summed E-state index contributed by atoms with van der Waals surface area (Å²) < 4.78 is 0. The van der Waals surface area contributed by atoms with Gasteiger partial charge in [-0.05, 0) is 31.2 Å². The monoisotopic (exact) mass is 301 g/mol. The summed E-state index contributed by atoms with van der Waals surface area (Å²) in [5.41, 5.74) is 2.22. The highest BCUT2D eigenvalue weighted by atomic mass is 32.2. The summed E-state index contributed by atoms with van der Waals surface area (Å²) in [4.78, 5) is 8.71. The molecule has 0 fully saturated rings. The van der Waals surface area contributed by atoms with Crippen LogP contribution in [0.2, 0.25) is 0 Å². The van der Waals surface area contributed by atoms with E-state index in [4.69, 9.17) is 0 Å². The molecule has 21 heavy (non-hydrogen) atoms. The molecule has 1 aliphatic heterocycles. The Labute approximate surface area is 129 Å². The summed E-state index contributed by atoms with van der Waals surface area (Å²) >= 11 is 1.51. The second-order valence-corrected chi connectivity index (χ2v) is 5.66. The van der Waals surface area contributed by atoms with E-state index in [0.29, 0.717) is 23.3 Å². The van der Waals surface area contributed by atoms with Gasteiger partial charge in [0.15, 0.2) is 0 Å². The summed E-state index contributed by atoms with van der Waals surface area (Å²) in [6.07, 6.45) is 3.71. The van der Waals surface area contributed by atoms with E-state index in [0.717, 1.165) is 23.6 Å². The molecule has 0 saturated carbocycles. The summed E-state index contributed by atoms with van der Waals surface area (Å²) in [5.74, 6) is 0.572. The SMILES string of the molecule is CCC(CC)Nc1nccc(/C(C#N)=C2/NC(C)=CS2)n1. The van der Waals surface area contributed by atoms with Crippen LogP contribution < -0.4 is 10.6 Å². The summed E-state index contributed by atoms with van der Waals surface area (Å²) in [5, 5.41) is 18.7. The lowest BCUT2D eigenvalue weighted by Gasteiger charge is -2.15. The molecule has 1 aromatic heterocycles. The van der Waals surface area contributed by atoms with Crippen molar-refractivity contribution in [2.75, 3.05) is 5.32 Å². The lowest BCUT2D eigenvalue weighted by atomic mass is 10.2. The van der Waals surface area contributed by atoms with Gasteiger partial charge in [0.25, 0.3) is 0 Å². The zero-order valence-electron chi connectivity index (χ0n) is 12.5. The molecule has 1 aromatic rings. The number of rotatable bonds is 5. The number of nitriles is 1. The minimum absolute atomic E-state index is 0.348. The largest absolute Gasteiger partial charge is 0.352 e. The van der Waals surface area contributed by atoms with E-state index < -0.39 is 0 Å². The predicted molar refractivity (Wildman–Crippen MR) is 87.0 cm³/mol. The zero-order valence-corrected chi connectivity index (χ0v) is 13.3. The van der Waals surface area contributed by atoms with E-state index in [2.05, 4.69) is 40.5 Å². The fourth-order valence-corrected chi connectivity index (χ4v) is 2.82. The molecule has 0 amide bonds. The topological polar surface area (TPSA) is 73.6 Å². The van der Waals surface area contributed by atoms with Gasteiger partial charge in [0.1, 0.15) is 11.6 Å². The van der Waals surface area contributed by atoms with E-state index in [1.54, 1.807) is 12.3 Å². The van der Waals surface area contributed by atoms with Crippen molar-refractivity contribution in [1.29, 1.82) is 5.26 Å². The van der Waals surface area contributed by atoms with Crippen LogP contribution in [0.15, 0.2) is 28.4 Å². The second kappa shape index (κ2) is 7.14. The van der Waals surface area contributed by atoms with Crippen LogP contribution in [-0.2, 0) is 0 Å². The molecule has 0 bridgehead atoms. The van der Waals surface area contributed by atoms with Gasteiger partial charge in [-0.3, -0.25) is 0 Å². The average molecular weight is 301 g/mol. The van der Waals surface area contributed by atoms with Crippen LogP contribution in [0, 0.1) is 11.3 Å². The molecule has 0 aliphatic carbocycles. The van der Waals surface area contributed by atoms with Gasteiger partial charge in [0.05, 0.1) is 10.7 Å². The number of allylic oxidation sites excluding steroid dienone is 2. The van der Waals surface area contributed by atoms with Crippen LogP contribution in [0.3, 0.4) is 0 Å².